The first-order valence-electron chi connectivity index (χ1n) is 4.86. The summed E-state index contributed by atoms with van der Waals surface area (Å²) in [4.78, 5) is 22.8. The summed E-state index contributed by atoms with van der Waals surface area (Å²) < 4.78 is 10.1. The molecule has 0 aromatic rings. The zero-order valence-electron chi connectivity index (χ0n) is 9.07. The van der Waals surface area contributed by atoms with Gasteiger partial charge < -0.3 is 15.2 Å². The van der Waals surface area contributed by atoms with Gasteiger partial charge in [0.2, 0.25) is 11.5 Å². The molecule has 5 heteroatoms. The van der Waals surface area contributed by atoms with E-state index >= 15 is 0 Å². The lowest BCUT2D eigenvalue weighted by atomic mass is 10.2. The Morgan fingerprint density at radius 2 is 2.27 bits per heavy atom. The van der Waals surface area contributed by atoms with Crippen molar-refractivity contribution in [2.45, 2.75) is 39.3 Å². The van der Waals surface area contributed by atoms with Crippen LogP contribution in [0, 0.1) is 0 Å². The molecule has 0 aliphatic carbocycles. The molecule has 2 atom stereocenters. The van der Waals surface area contributed by atoms with E-state index in [-0.39, 0.29) is 11.5 Å². The molecule has 1 rings (SSSR count). The molecule has 1 aliphatic rings. The van der Waals surface area contributed by atoms with Gasteiger partial charge in [-0.25, -0.2) is 4.79 Å². The van der Waals surface area contributed by atoms with Crippen LogP contribution in [0.3, 0.4) is 0 Å². The minimum atomic E-state index is -0.751. The standard InChI is InChI=1S/C10H15NO4/c1-4-7-8(12)9(6(3)14-7)15-10(13)5(2)11/h5,7H,4,11H2,1-3H3. The molecule has 1 aliphatic heterocycles. The summed E-state index contributed by atoms with van der Waals surface area (Å²) in [6.07, 6.45) is 0.0240. The third kappa shape index (κ3) is 2.36. The zero-order valence-corrected chi connectivity index (χ0v) is 9.07. The summed E-state index contributed by atoms with van der Waals surface area (Å²) in [6.45, 7) is 4.92. The van der Waals surface area contributed by atoms with Gasteiger partial charge in [-0.1, -0.05) is 6.92 Å². The van der Waals surface area contributed by atoms with E-state index in [9.17, 15) is 9.59 Å². The van der Waals surface area contributed by atoms with Crippen LogP contribution < -0.4 is 5.73 Å². The Balaban J connectivity index is 2.74. The molecule has 0 saturated heterocycles. The third-order valence-electron chi connectivity index (χ3n) is 2.10. The Labute approximate surface area is 88.2 Å². The van der Waals surface area contributed by atoms with Gasteiger partial charge in [0, 0.05) is 0 Å². The van der Waals surface area contributed by atoms with E-state index in [0.29, 0.717) is 12.2 Å². The predicted molar refractivity (Wildman–Crippen MR) is 52.6 cm³/mol. The average molecular weight is 213 g/mol. The highest BCUT2D eigenvalue weighted by Gasteiger charge is 2.35. The monoisotopic (exact) mass is 213 g/mol. The van der Waals surface area contributed by atoms with Crippen LogP contribution in [0.4, 0.5) is 0 Å². The molecule has 0 amide bonds. The van der Waals surface area contributed by atoms with Crippen molar-refractivity contribution in [1.29, 1.82) is 0 Å². The molecule has 1 heterocycles. The number of esters is 1. The van der Waals surface area contributed by atoms with Gasteiger partial charge in [0.25, 0.3) is 0 Å². The normalized spacial score (nSPS) is 22.7. The molecular weight excluding hydrogens is 198 g/mol. The van der Waals surface area contributed by atoms with Crippen LogP contribution in [-0.2, 0) is 19.1 Å². The van der Waals surface area contributed by atoms with Gasteiger partial charge in [-0.2, -0.15) is 0 Å². The average Bonchev–Trinajstić information content (AvgIpc) is 2.44. The number of ketones is 1. The van der Waals surface area contributed by atoms with E-state index < -0.39 is 18.1 Å². The van der Waals surface area contributed by atoms with Crippen molar-refractivity contribution in [2.75, 3.05) is 0 Å². The minimum Gasteiger partial charge on any atom is -0.483 e. The van der Waals surface area contributed by atoms with Crippen molar-refractivity contribution >= 4 is 11.8 Å². The van der Waals surface area contributed by atoms with Gasteiger partial charge in [-0.15, -0.1) is 0 Å². The molecule has 84 valence electrons. The summed E-state index contributed by atoms with van der Waals surface area (Å²) in [5.41, 5.74) is 5.32. The lowest BCUT2D eigenvalue weighted by Gasteiger charge is -2.06. The highest BCUT2D eigenvalue weighted by atomic mass is 16.6. The van der Waals surface area contributed by atoms with Gasteiger partial charge in [0.15, 0.2) is 6.10 Å². The first-order valence-corrected chi connectivity index (χ1v) is 4.86. The van der Waals surface area contributed by atoms with Gasteiger partial charge in [0.1, 0.15) is 11.8 Å². The van der Waals surface area contributed by atoms with Crippen molar-refractivity contribution in [3.8, 4) is 0 Å². The first kappa shape index (κ1) is 11.7. The van der Waals surface area contributed by atoms with Gasteiger partial charge in [-0.3, -0.25) is 4.79 Å². The smallest absolute Gasteiger partial charge is 0.328 e. The number of Topliss-reactive ketones (excluding diaryl/α,β-unsaturated/α-hetero) is 1. The fourth-order valence-corrected chi connectivity index (χ4v) is 1.22. The lowest BCUT2D eigenvalue weighted by molar-refractivity contribution is -0.143. The van der Waals surface area contributed by atoms with Crippen molar-refractivity contribution in [1.82, 2.24) is 0 Å². The molecule has 2 N–H and O–H groups in total. The number of carbonyl (C=O) groups excluding carboxylic acids is 2. The van der Waals surface area contributed by atoms with E-state index in [4.69, 9.17) is 15.2 Å². The van der Waals surface area contributed by atoms with E-state index in [0.717, 1.165) is 0 Å². The van der Waals surface area contributed by atoms with Crippen LogP contribution in [0.15, 0.2) is 11.5 Å². The molecule has 2 unspecified atom stereocenters. The molecule has 0 bridgehead atoms. The molecule has 0 aromatic carbocycles. The number of carbonyl (C=O) groups is 2. The van der Waals surface area contributed by atoms with Crippen LogP contribution in [0.5, 0.6) is 0 Å². The van der Waals surface area contributed by atoms with Gasteiger partial charge in [0.05, 0.1) is 0 Å². The largest absolute Gasteiger partial charge is 0.483 e. The summed E-state index contributed by atoms with van der Waals surface area (Å²) in [7, 11) is 0. The van der Waals surface area contributed by atoms with Gasteiger partial charge >= 0.3 is 5.97 Å². The summed E-state index contributed by atoms with van der Waals surface area (Å²) in [5.74, 6) is -0.577. The second-order valence-corrected chi connectivity index (χ2v) is 3.47. The van der Waals surface area contributed by atoms with Crippen molar-refractivity contribution in [2.24, 2.45) is 5.73 Å². The highest BCUT2D eigenvalue weighted by Crippen LogP contribution is 2.24. The molecule has 0 radical (unpaired) electrons. The van der Waals surface area contributed by atoms with E-state index in [2.05, 4.69) is 0 Å². The summed E-state index contributed by atoms with van der Waals surface area (Å²) >= 11 is 0. The quantitative estimate of drug-likeness (QED) is 0.690. The predicted octanol–water partition coefficient (Wildman–Crippen LogP) is 0.486. The second kappa shape index (κ2) is 4.44. The Morgan fingerprint density at radius 1 is 1.67 bits per heavy atom. The molecular formula is C10H15NO4. The summed E-state index contributed by atoms with van der Waals surface area (Å²) in [6, 6.07) is -0.751. The molecule has 15 heavy (non-hydrogen) atoms. The second-order valence-electron chi connectivity index (χ2n) is 3.47. The molecule has 0 spiro atoms. The molecule has 0 fully saturated rings. The number of nitrogens with two attached hydrogens (primary N) is 1. The SMILES string of the molecule is CCC1OC(C)=C(OC(=O)C(C)N)C1=O. The van der Waals surface area contributed by atoms with Gasteiger partial charge in [-0.05, 0) is 20.3 Å². The molecule has 0 aromatic heterocycles. The van der Waals surface area contributed by atoms with Crippen molar-refractivity contribution < 1.29 is 19.1 Å². The minimum absolute atomic E-state index is 0.0100. The summed E-state index contributed by atoms with van der Waals surface area (Å²) in [5, 5.41) is 0. The Kier molecular flexibility index (Phi) is 3.47. The Bertz CT molecular complexity index is 319. The fourth-order valence-electron chi connectivity index (χ4n) is 1.22. The number of hydrogen-bond donors (Lipinski definition) is 1. The zero-order chi connectivity index (χ0) is 11.6. The number of ether oxygens (including phenoxy) is 2. The molecule has 5 nitrogen and oxygen atoms in total. The number of rotatable bonds is 3. The van der Waals surface area contributed by atoms with E-state index in [1.54, 1.807) is 6.92 Å². The van der Waals surface area contributed by atoms with Crippen molar-refractivity contribution in [3.63, 3.8) is 0 Å². The maximum Gasteiger partial charge on any atom is 0.328 e. The number of allylic oxidation sites excluding steroid dienone is 1. The van der Waals surface area contributed by atoms with E-state index in [1.807, 2.05) is 6.92 Å². The lowest BCUT2D eigenvalue weighted by Crippen LogP contribution is -2.30. The Morgan fingerprint density at radius 3 is 2.67 bits per heavy atom. The maximum atomic E-state index is 11.6. The van der Waals surface area contributed by atoms with Crippen LogP contribution in [0.25, 0.3) is 0 Å². The van der Waals surface area contributed by atoms with Crippen LogP contribution in [0.1, 0.15) is 27.2 Å². The number of hydrogen-bond acceptors (Lipinski definition) is 5. The van der Waals surface area contributed by atoms with Crippen molar-refractivity contribution in [3.05, 3.63) is 11.5 Å². The highest BCUT2D eigenvalue weighted by molar-refractivity contribution is 6.01. The topological polar surface area (TPSA) is 78.6 Å². The Hall–Kier alpha value is -1.36. The van der Waals surface area contributed by atoms with Crippen LogP contribution in [-0.4, -0.2) is 23.9 Å². The maximum absolute atomic E-state index is 11.6. The molecule has 0 saturated carbocycles. The third-order valence-corrected chi connectivity index (χ3v) is 2.10. The van der Waals surface area contributed by atoms with Crippen LogP contribution >= 0.6 is 0 Å². The fraction of sp³-hybridized carbons (Fsp3) is 0.600. The van der Waals surface area contributed by atoms with Crippen LogP contribution in [0.2, 0.25) is 0 Å². The van der Waals surface area contributed by atoms with E-state index in [1.165, 1.54) is 6.92 Å². The first-order chi connectivity index (χ1) is 6.97.